The highest BCUT2D eigenvalue weighted by Crippen LogP contribution is 2.17. The lowest BCUT2D eigenvalue weighted by molar-refractivity contribution is 0.718. The second-order valence-corrected chi connectivity index (χ2v) is 4.14. The average molecular weight is 214 g/mol. The first-order chi connectivity index (χ1) is 7.40. The van der Waals surface area contributed by atoms with Crippen molar-refractivity contribution >= 4 is 10.8 Å². The summed E-state index contributed by atoms with van der Waals surface area (Å²) in [6.45, 7) is 2.25. The normalized spacial score (nSPS) is 10.1. The molecule has 0 atom stereocenters. The first kappa shape index (κ1) is 12.8. The van der Waals surface area contributed by atoms with Gasteiger partial charge in [0.15, 0.2) is 0 Å². The Morgan fingerprint density at radius 3 is 2.38 bits per heavy atom. The van der Waals surface area contributed by atoms with Crippen molar-refractivity contribution in [2.45, 2.75) is 40.0 Å². The maximum atomic E-state index is 2.32. The van der Waals surface area contributed by atoms with E-state index in [1.54, 1.807) is 0 Å². The van der Waals surface area contributed by atoms with Crippen LogP contribution in [-0.2, 0) is 6.42 Å². The fourth-order valence-corrected chi connectivity index (χ4v) is 1.97. The number of hydrogen-bond acceptors (Lipinski definition) is 0. The Morgan fingerprint density at radius 2 is 1.62 bits per heavy atom. The minimum absolute atomic E-state index is 0. The van der Waals surface area contributed by atoms with Gasteiger partial charge in [0.1, 0.15) is 0 Å². The molecular formula is C16H22. The SMILES string of the molecule is C.CCCCCc1ccc2ccccc2c1. The van der Waals surface area contributed by atoms with Crippen LogP contribution in [0.1, 0.15) is 39.2 Å². The summed E-state index contributed by atoms with van der Waals surface area (Å²) in [5.41, 5.74) is 1.47. The lowest BCUT2D eigenvalue weighted by Gasteiger charge is -2.03. The highest BCUT2D eigenvalue weighted by molar-refractivity contribution is 5.82. The Labute approximate surface area is 99.3 Å². The number of aryl methyl sites for hydroxylation is 1. The van der Waals surface area contributed by atoms with Gasteiger partial charge in [-0.2, -0.15) is 0 Å². The van der Waals surface area contributed by atoms with E-state index in [9.17, 15) is 0 Å². The quantitative estimate of drug-likeness (QED) is 0.613. The smallest absolute Gasteiger partial charge is 0.0181 e. The summed E-state index contributed by atoms with van der Waals surface area (Å²) in [6, 6.07) is 15.4. The number of hydrogen-bond donors (Lipinski definition) is 0. The van der Waals surface area contributed by atoms with Gasteiger partial charge in [0, 0.05) is 0 Å². The molecule has 0 saturated heterocycles. The Bertz CT molecular complexity index is 429. The van der Waals surface area contributed by atoms with Gasteiger partial charge in [-0.25, -0.2) is 0 Å². The molecule has 0 bridgehead atoms. The number of unbranched alkanes of at least 4 members (excludes halogenated alkanes) is 2. The molecule has 0 heteroatoms. The molecule has 0 N–H and O–H groups in total. The minimum Gasteiger partial charge on any atom is -0.0776 e. The summed E-state index contributed by atoms with van der Waals surface area (Å²) >= 11 is 0. The molecule has 2 rings (SSSR count). The van der Waals surface area contributed by atoms with Crippen molar-refractivity contribution in [3.63, 3.8) is 0 Å². The van der Waals surface area contributed by atoms with Crippen LogP contribution in [-0.4, -0.2) is 0 Å². The van der Waals surface area contributed by atoms with Crippen LogP contribution in [0.25, 0.3) is 10.8 Å². The van der Waals surface area contributed by atoms with Crippen LogP contribution in [0, 0.1) is 0 Å². The summed E-state index contributed by atoms with van der Waals surface area (Å²) < 4.78 is 0. The highest BCUT2D eigenvalue weighted by atomic mass is 14.0. The summed E-state index contributed by atoms with van der Waals surface area (Å²) in [5.74, 6) is 0. The van der Waals surface area contributed by atoms with Gasteiger partial charge < -0.3 is 0 Å². The molecule has 0 saturated carbocycles. The van der Waals surface area contributed by atoms with Crippen LogP contribution in [0.15, 0.2) is 42.5 Å². The maximum Gasteiger partial charge on any atom is -0.0181 e. The lowest BCUT2D eigenvalue weighted by Crippen LogP contribution is -1.85. The van der Waals surface area contributed by atoms with Gasteiger partial charge in [-0.1, -0.05) is 69.7 Å². The van der Waals surface area contributed by atoms with Crippen molar-refractivity contribution in [3.05, 3.63) is 48.0 Å². The van der Waals surface area contributed by atoms with Crippen molar-refractivity contribution in [1.82, 2.24) is 0 Å². The number of fused-ring (bicyclic) bond motifs is 1. The van der Waals surface area contributed by atoms with Gasteiger partial charge in [0.2, 0.25) is 0 Å². The molecule has 0 nitrogen and oxygen atoms in total. The second kappa shape index (κ2) is 6.32. The van der Waals surface area contributed by atoms with Crippen LogP contribution in [0.5, 0.6) is 0 Å². The van der Waals surface area contributed by atoms with E-state index in [1.165, 1.54) is 42.0 Å². The number of benzene rings is 2. The molecule has 0 aromatic heterocycles. The second-order valence-electron chi connectivity index (χ2n) is 4.14. The largest absolute Gasteiger partial charge is 0.0776 e. The third kappa shape index (κ3) is 3.10. The fourth-order valence-electron chi connectivity index (χ4n) is 1.97. The molecule has 0 spiro atoms. The standard InChI is InChI=1S/C15H18.CH4/c1-2-3-4-7-13-10-11-14-8-5-6-9-15(14)12-13;/h5-6,8-12H,2-4,7H2,1H3;1H4. The Hall–Kier alpha value is -1.30. The predicted molar refractivity (Wildman–Crippen MR) is 73.9 cm³/mol. The van der Waals surface area contributed by atoms with Crippen LogP contribution in [0.3, 0.4) is 0 Å². The van der Waals surface area contributed by atoms with Gasteiger partial charge in [-0.3, -0.25) is 0 Å². The van der Waals surface area contributed by atoms with E-state index < -0.39 is 0 Å². The maximum absolute atomic E-state index is 2.32. The third-order valence-electron chi connectivity index (χ3n) is 2.88. The summed E-state index contributed by atoms with van der Waals surface area (Å²) in [5, 5.41) is 2.71. The minimum atomic E-state index is 0. The monoisotopic (exact) mass is 214 g/mol. The molecule has 0 aliphatic heterocycles. The molecule has 86 valence electrons. The van der Waals surface area contributed by atoms with Crippen LogP contribution < -0.4 is 0 Å². The van der Waals surface area contributed by atoms with Crippen LogP contribution in [0.4, 0.5) is 0 Å². The zero-order valence-electron chi connectivity index (χ0n) is 9.37. The molecule has 0 unspecified atom stereocenters. The Kier molecular flexibility index (Phi) is 5.04. The van der Waals surface area contributed by atoms with Gasteiger partial charge in [-0.15, -0.1) is 0 Å². The van der Waals surface area contributed by atoms with E-state index in [0.29, 0.717) is 0 Å². The van der Waals surface area contributed by atoms with E-state index >= 15 is 0 Å². The van der Waals surface area contributed by atoms with Gasteiger partial charge in [0.25, 0.3) is 0 Å². The topological polar surface area (TPSA) is 0 Å². The van der Waals surface area contributed by atoms with Crippen molar-refractivity contribution in [2.75, 3.05) is 0 Å². The predicted octanol–water partition coefficient (Wildman–Crippen LogP) is 5.21. The molecular weight excluding hydrogens is 192 g/mol. The molecule has 0 aliphatic carbocycles. The van der Waals surface area contributed by atoms with Crippen molar-refractivity contribution in [1.29, 1.82) is 0 Å². The number of rotatable bonds is 4. The Balaban J connectivity index is 0.00000128. The molecule has 0 fully saturated rings. The van der Waals surface area contributed by atoms with Crippen molar-refractivity contribution < 1.29 is 0 Å². The zero-order valence-corrected chi connectivity index (χ0v) is 9.37. The van der Waals surface area contributed by atoms with E-state index in [-0.39, 0.29) is 7.43 Å². The van der Waals surface area contributed by atoms with Gasteiger partial charge >= 0.3 is 0 Å². The van der Waals surface area contributed by atoms with E-state index in [0.717, 1.165) is 0 Å². The van der Waals surface area contributed by atoms with E-state index in [2.05, 4.69) is 49.4 Å². The average Bonchev–Trinajstić information content (AvgIpc) is 2.29. The molecule has 0 radical (unpaired) electrons. The molecule has 0 heterocycles. The van der Waals surface area contributed by atoms with Gasteiger partial charge in [-0.05, 0) is 29.2 Å². The summed E-state index contributed by atoms with van der Waals surface area (Å²) in [7, 11) is 0. The molecule has 0 amide bonds. The fraction of sp³-hybridized carbons (Fsp3) is 0.375. The summed E-state index contributed by atoms with van der Waals surface area (Å²) in [4.78, 5) is 0. The van der Waals surface area contributed by atoms with E-state index in [1.807, 2.05) is 0 Å². The molecule has 2 aromatic rings. The molecule has 2 aromatic carbocycles. The lowest BCUT2D eigenvalue weighted by atomic mass is 10.0. The van der Waals surface area contributed by atoms with E-state index in [4.69, 9.17) is 0 Å². The third-order valence-corrected chi connectivity index (χ3v) is 2.88. The first-order valence-electron chi connectivity index (χ1n) is 5.88. The summed E-state index contributed by atoms with van der Waals surface area (Å²) in [6.07, 6.45) is 5.17. The Morgan fingerprint density at radius 1 is 0.875 bits per heavy atom. The van der Waals surface area contributed by atoms with Gasteiger partial charge in [0.05, 0.1) is 0 Å². The zero-order chi connectivity index (χ0) is 10.5. The molecule has 16 heavy (non-hydrogen) atoms. The first-order valence-corrected chi connectivity index (χ1v) is 5.88. The van der Waals surface area contributed by atoms with Crippen molar-refractivity contribution in [2.24, 2.45) is 0 Å². The van der Waals surface area contributed by atoms with Crippen LogP contribution in [0.2, 0.25) is 0 Å². The van der Waals surface area contributed by atoms with Crippen molar-refractivity contribution in [3.8, 4) is 0 Å². The highest BCUT2D eigenvalue weighted by Gasteiger charge is 1.95. The molecule has 0 aliphatic rings. The van der Waals surface area contributed by atoms with Crippen LogP contribution >= 0.6 is 0 Å².